The van der Waals surface area contributed by atoms with Gasteiger partial charge in [-0.05, 0) is 55.2 Å². The van der Waals surface area contributed by atoms with Crippen LogP contribution in [0.5, 0.6) is 0 Å². The van der Waals surface area contributed by atoms with Crippen molar-refractivity contribution in [2.24, 2.45) is 0 Å². The van der Waals surface area contributed by atoms with E-state index in [0.717, 1.165) is 19.6 Å². The molecule has 2 unspecified atom stereocenters. The molecule has 3 aliphatic heterocycles. The summed E-state index contributed by atoms with van der Waals surface area (Å²) in [5.74, 6) is 1.12. The molecule has 0 saturated carbocycles. The summed E-state index contributed by atoms with van der Waals surface area (Å²) in [4.78, 5) is 5.17. The molecule has 2 atom stereocenters. The fourth-order valence-electron chi connectivity index (χ4n) is 5.39. The Morgan fingerprint density at radius 1 is 0.963 bits per heavy atom. The second kappa shape index (κ2) is 7.29. The van der Waals surface area contributed by atoms with E-state index < -0.39 is 0 Å². The lowest BCUT2D eigenvalue weighted by Gasteiger charge is -2.34. The summed E-state index contributed by atoms with van der Waals surface area (Å²) in [5.41, 5.74) is 7.51. The van der Waals surface area contributed by atoms with Crippen molar-refractivity contribution >= 4 is 5.69 Å². The van der Waals surface area contributed by atoms with Crippen molar-refractivity contribution < 1.29 is 0 Å². The van der Waals surface area contributed by atoms with E-state index in [-0.39, 0.29) is 0 Å². The maximum atomic E-state index is 3.81. The van der Waals surface area contributed by atoms with Crippen LogP contribution in [-0.2, 0) is 6.54 Å². The smallest absolute Gasteiger partial charge is 0.0425 e. The van der Waals surface area contributed by atoms with Gasteiger partial charge in [0.05, 0.1) is 0 Å². The first kappa shape index (κ1) is 17.3. The van der Waals surface area contributed by atoms with Gasteiger partial charge in [-0.1, -0.05) is 48.9 Å². The molecule has 0 aliphatic carbocycles. The number of fused-ring (bicyclic) bond motifs is 3. The van der Waals surface area contributed by atoms with Crippen LogP contribution in [0, 0.1) is 0 Å². The Kier molecular flexibility index (Phi) is 4.66. The molecule has 3 aliphatic rings. The van der Waals surface area contributed by atoms with Crippen LogP contribution in [0.1, 0.15) is 53.4 Å². The number of hydrogen-bond donors (Lipinski definition) is 1. The Hall–Kier alpha value is -1.84. The lowest BCUT2D eigenvalue weighted by atomic mass is 9.82. The quantitative estimate of drug-likeness (QED) is 0.881. The van der Waals surface area contributed by atoms with Crippen LogP contribution in [0.15, 0.2) is 42.5 Å². The number of nitrogens with zero attached hydrogens (tertiary/aromatic N) is 2. The molecular weight excluding hydrogens is 330 g/mol. The summed E-state index contributed by atoms with van der Waals surface area (Å²) >= 11 is 0. The van der Waals surface area contributed by atoms with Gasteiger partial charge in [0.2, 0.25) is 0 Å². The maximum absolute atomic E-state index is 3.81. The number of benzene rings is 2. The second-order valence-electron chi connectivity index (χ2n) is 8.70. The zero-order chi connectivity index (χ0) is 18.2. The normalized spacial score (nSPS) is 25.7. The minimum atomic E-state index is 0.480. The highest BCUT2D eigenvalue weighted by Gasteiger charge is 2.32. The second-order valence-corrected chi connectivity index (χ2v) is 8.70. The van der Waals surface area contributed by atoms with Crippen LogP contribution in [0.2, 0.25) is 0 Å². The predicted molar refractivity (Wildman–Crippen MR) is 113 cm³/mol. The zero-order valence-corrected chi connectivity index (χ0v) is 16.5. The highest BCUT2D eigenvalue weighted by Crippen LogP contribution is 2.43. The lowest BCUT2D eigenvalue weighted by molar-refractivity contribution is 0.219. The summed E-state index contributed by atoms with van der Waals surface area (Å²) in [5, 5.41) is 3.81. The topological polar surface area (TPSA) is 18.5 Å². The number of anilines is 1. The standard InChI is InChI=1S/C24H31N3/c1-26-16-22(18-8-4-2-5-9-18)21-11-10-20-19(14-25-24(20)23(21)17-26)15-27-12-6-3-7-13-27/h2,4-5,8-11,19,22,25H,3,6-7,12-17H2,1H3. The lowest BCUT2D eigenvalue weighted by Crippen LogP contribution is -2.34. The number of nitrogens with one attached hydrogen (secondary N) is 1. The third-order valence-corrected chi connectivity index (χ3v) is 6.77. The fraction of sp³-hybridized carbons (Fsp3) is 0.500. The Bertz CT molecular complexity index is 795. The van der Waals surface area contributed by atoms with Gasteiger partial charge in [-0.3, -0.25) is 0 Å². The molecular formula is C24H31N3. The molecule has 0 spiro atoms. The monoisotopic (exact) mass is 361 g/mol. The summed E-state index contributed by atoms with van der Waals surface area (Å²) in [6.45, 7) is 7.06. The minimum absolute atomic E-state index is 0.480. The zero-order valence-electron chi connectivity index (χ0n) is 16.5. The largest absolute Gasteiger partial charge is 0.384 e. The summed E-state index contributed by atoms with van der Waals surface area (Å²) in [6.07, 6.45) is 4.16. The van der Waals surface area contributed by atoms with Crippen molar-refractivity contribution in [2.75, 3.05) is 45.1 Å². The maximum Gasteiger partial charge on any atom is 0.0425 e. The molecule has 1 saturated heterocycles. The van der Waals surface area contributed by atoms with Gasteiger partial charge in [-0.25, -0.2) is 0 Å². The molecule has 2 aromatic rings. The molecule has 0 bridgehead atoms. The number of piperidine rings is 1. The van der Waals surface area contributed by atoms with Crippen LogP contribution >= 0.6 is 0 Å². The van der Waals surface area contributed by atoms with E-state index in [4.69, 9.17) is 0 Å². The van der Waals surface area contributed by atoms with Crippen molar-refractivity contribution in [3.05, 3.63) is 64.7 Å². The van der Waals surface area contributed by atoms with E-state index in [1.165, 1.54) is 61.3 Å². The van der Waals surface area contributed by atoms with E-state index in [1.807, 2.05) is 0 Å². The molecule has 142 valence electrons. The highest BCUT2D eigenvalue weighted by atomic mass is 15.1. The van der Waals surface area contributed by atoms with E-state index in [9.17, 15) is 0 Å². The van der Waals surface area contributed by atoms with Gasteiger partial charge in [-0.2, -0.15) is 0 Å². The van der Waals surface area contributed by atoms with Gasteiger partial charge in [0.15, 0.2) is 0 Å². The SMILES string of the molecule is CN1Cc2c(ccc3c2NCC3CN2CCCCC2)C(c2ccccc2)C1. The highest BCUT2D eigenvalue weighted by molar-refractivity contribution is 5.67. The Morgan fingerprint density at radius 2 is 1.74 bits per heavy atom. The van der Waals surface area contributed by atoms with Crippen molar-refractivity contribution in [1.82, 2.24) is 9.80 Å². The van der Waals surface area contributed by atoms with Crippen molar-refractivity contribution in [3.63, 3.8) is 0 Å². The third-order valence-electron chi connectivity index (χ3n) is 6.77. The molecule has 2 aromatic carbocycles. The van der Waals surface area contributed by atoms with Gasteiger partial charge < -0.3 is 15.1 Å². The number of rotatable bonds is 3. The molecule has 1 fully saturated rings. The van der Waals surface area contributed by atoms with Crippen LogP contribution in [0.4, 0.5) is 5.69 Å². The number of hydrogen-bond acceptors (Lipinski definition) is 3. The van der Waals surface area contributed by atoms with Gasteiger partial charge in [0.25, 0.3) is 0 Å². The predicted octanol–water partition coefficient (Wildman–Crippen LogP) is 4.26. The molecule has 3 heterocycles. The molecule has 27 heavy (non-hydrogen) atoms. The Morgan fingerprint density at radius 3 is 2.56 bits per heavy atom. The van der Waals surface area contributed by atoms with E-state index in [0.29, 0.717) is 11.8 Å². The molecule has 5 rings (SSSR count). The first-order valence-corrected chi connectivity index (χ1v) is 10.6. The number of likely N-dealkylation sites (tertiary alicyclic amines) is 1. The van der Waals surface area contributed by atoms with Crippen LogP contribution in [0.3, 0.4) is 0 Å². The first-order chi connectivity index (χ1) is 13.3. The molecule has 0 aromatic heterocycles. The molecule has 0 radical (unpaired) electrons. The van der Waals surface area contributed by atoms with Gasteiger partial charge in [0, 0.05) is 43.7 Å². The average Bonchev–Trinajstić information content (AvgIpc) is 3.12. The van der Waals surface area contributed by atoms with Crippen molar-refractivity contribution in [1.29, 1.82) is 0 Å². The summed E-state index contributed by atoms with van der Waals surface area (Å²) in [7, 11) is 2.26. The Labute approximate surface area is 163 Å². The summed E-state index contributed by atoms with van der Waals surface area (Å²) in [6, 6.07) is 15.9. The van der Waals surface area contributed by atoms with Crippen LogP contribution in [-0.4, -0.2) is 49.6 Å². The number of likely N-dealkylation sites (N-methyl/N-ethyl adjacent to an activating group) is 1. The van der Waals surface area contributed by atoms with Gasteiger partial charge >= 0.3 is 0 Å². The molecule has 3 heteroatoms. The van der Waals surface area contributed by atoms with Gasteiger partial charge in [0.1, 0.15) is 0 Å². The van der Waals surface area contributed by atoms with E-state index >= 15 is 0 Å². The third kappa shape index (κ3) is 3.28. The minimum Gasteiger partial charge on any atom is -0.384 e. The van der Waals surface area contributed by atoms with Crippen LogP contribution < -0.4 is 5.32 Å². The van der Waals surface area contributed by atoms with E-state index in [2.05, 4.69) is 64.6 Å². The molecule has 3 nitrogen and oxygen atoms in total. The van der Waals surface area contributed by atoms with Crippen molar-refractivity contribution in [2.45, 2.75) is 37.6 Å². The van der Waals surface area contributed by atoms with Gasteiger partial charge in [-0.15, -0.1) is 0 Å². The molecule has 1 N–H and O–H groups in total. The summed E-state index contributed by atoms with van der Waals surface area (Å²) < 4.78 is 0. The van der Waals surface area contributed by atoms with Crippen molar-refractivity contribution in [3.8, 4) is 0 Å². The van der Waals surface area contributed by atoms with Crippen LogP contribution in [0.25, 0.3) is 0 Å². The fourth-order valence-corrected chi connectivity index (χ4v) is 5.39. The molecule has 0 amide bonds. The first-order valence-electron chi connectivity index (χ1n) is 10.6. The van der Waals surface area contributed by atoms with E-state index in [1.54, 1.807) is 5.56 Å². The Balaban J connectivity index is 1.46. The average molecular weight is 362 g/mol.